The molecule has 1 aliphatic heterocycles. The zero-order chi connectivity index (χ0) is 9.97. The van der Waals surface area contributed by atoms with Crippen molar-refractivity contribution in [2.75, 3.05) is 13.2 Å². The Bertz CT molecular complexity index is 328. The summed E-state index contributed by atoms with van der Waals surface area (Å²) in [6, 6.07) is 6.14. The van der Waals surface area contributed by atoms with Crippen LogP contribution < -0.4 is 10.1 Å². The molecule has 1 unspecified atom stereocenters. The molecule has 1 aromatic rings. The highest BCUT2D eigenvalue weighted by atomic mass is 79.9. The average molecular weight is 277 g/mol. The number of rotatable bonds is 3. The van der Waals surface area contributed by atoms with Crippen LogP contribution in [0.15, 0.2) is 22.7 Å². The molecule has 1 heterocycles. The van der Waals surface area contributed by atoms with Gasteiger partial charge in [-0.1, -0.05) is 27.5 Å². The van der Waals surface area contributed by atoms with Crippen molar-refractivity contribution in [1.82, 2.24) is 5.32 Å². The van der Waals surface area contributed by atoms with Crippen LogP contribution in [0.25, 0.3) is 0 Å². The van der Waals surface area contributed by atoms with Gasteiger partial charge in [-0.2, -0.15) is 0 Å². The van der Waals surface area contributed by atoms with Crippen LogP contribution in [0.1, 0.15) is 6.42 Å². The molecule has 0 spiro atoms. The molecule has 0 radical (unpaired) electrons. The number of hydrogen-bond acceptors (Lipinski definition) is 2. The second-order valence-electron chi connectivity index (χ2n) is 3.33. The normalized spacial score (nSPS) is 20.3. The van der Waals surface area contributed by atoms with E-state index in [-0.39, 0.29) is 0 Å². The second kappa shape index (κ2) is 4.51. The van der Waals surface area contributed by atoms with E-state index in [9.17, 15) is 0 Å². The summed E-state index contributed by atoms with van der Waals surface area (Å²) < 4.78 is 6.55. The van der Waals surface area contributed by atoms with Gasteiger partial charge < -0.3 is 10.1 Å². The van der Waals surface area contributed by atoms with Crippen LogP contribution in [0.2, 0.25) is 5.02 Å². The fourth-order valence-corrected chi connectivity index (χ4v) is 2.00. The lowest BCUT2D eigenvalue weighted by atomic mass is 10.1. The molecule has 0 aliphatic carbocycles. The summed E-state index contributed by atoms with van der Waals surface area (Å²) in [6.07, 6.45) is 1.19. The van der Waals surface area contributed by atoms with Gasteiger partial charge in [0.2, 0.25) is 0 Å². The van der Waals surface area contributed by atoms with Crippen molar-refractivity contribution in [3.8, 4) is 5.75 Å². The van der Waals surface area contributed by atoms with Gasteiger partial charge in [0.05, 0.1) is 5.02 Å². The van der Waals surface area contributed by atoms with Crippen molar-refractivity contribution in [1.29, 1.82) is 0 Å². The summed E-state index contributed by atoms with van der Waals surface area (Å²) in [5, 5.41) is 3.92. The Kier molecular flexibility index (Phi) is 3.31. The van der Waals surface area contributed by atoms with Crippen LogP contribution in [0.4, 0.5) is 0 Å². The Balaban J connectivity index is 1.94. The number of halogens is 2. The van der Waals surface area contributed by atoms with Gasteiger partial charge in [0.25, 0.3) is 0 Å². The Hall–Kier alpha value is -0.250. The topological polar surface area (TPSA) is 21.3 Å². The van der Waals surface area contributed by atoms with Crippen LogP contribution in [0, 0.1) is 0 Å². The number of nitrogens with one attached hydrogen (secondary N) is 1. The Morgan fingerprint density at radius 3 is 2.93 bits per heavy atom. The van der Waals surface area contributed by atoms with Crippen molar-refractivity contribution in [3.05, 3.63) is 27.7 Å². The summed E-state index contributed by atoms with van der Waals surface area (Å²) in [7, 11) is 0. The van der Waals surface area contributed by atoms with E-state index < -0.39 is 0 Å². The molecule has 0 bridgehead atoms. The quantitative estimate of drug-likeness (QED) is 0.916. The summed E-state index contributed by atoms with van der Waals surface area (Å²) in [5.74, 6) is 0.753. The minimum absolute atomic E-state index is 0.495. The van der Waals surface area contributed by atoms with Gasteiger partial charge >= 0.3 is 0 Å². The number of benzene rings is 1. The van der Waals surface area contributed by atoms with Crippen LogP contribution in [-0.4, -0.2) is 19.2 Å². The highest BCUT2D eigenvalue weighted by molar-refractivity contribution is 9.10. The van der Waals surface area contributed by atoms with E-state index in [4.69, 9.17) is 16.3 Å². The highest BCUT2D eigenvalue weighted by Crippen LogP contribution is 2.27. The van der Waals surface area contributed by atoms with Gasteiger partial charge in [-0.25, -0.2) is 0 Å². The molecule has 1 N–H and O–H groups in total. The fourth-order valence-electron chi connectivity index (χ4n) is 1.27. The van der Waals surface area contributed by atoms with E-state index in [0.717, 1.165) is 16.8 Å². The first-order valence-corrected chi connectivity index (χ1v) is 5.74. The van der Waals surface area contributed by atoms with E-state index in [0.29, 0.717) is 17.7 Å². The molecule has 0 amide bonds. The summed E-state index contributed by atoms with van der Waals surface area (Å²) >= 11 is 9.35. The van der Waals surface area contributed by atoms with Gasteiger partial charge in [-0.3, -0.25) is 0 Å². The lowest BCUT2D eigenvalue weighted by Crippen LogP contribution is -2.46. The van der Waals surface area contributed by atoms with E-state index in [1.54, 1.807) is 0 Å². The average Bonchev–Trinajstić information content (AvgIpc) is 2.05. The maximum absolute atomic E-state index is 6.00. The van der Waals surface area contributed by atoms with E-state index in [2.05, 4.69) is 21.2 Å². The molecule has 0 saturated carbocycles. The zero-order valence-electron chi connectivity index (χ0n) is 7.59. The molecule has 1 saturated heterocycles. The molecule has 1 fully saturated rings. The Morgan fingerprint density at radius 1 is 1.57 bits per heavy atom. The molecule has 1 atom stereocenters. The van der Waals surface area contributed by atoms with Crippen molar-refractivity contribution in [2.24, 2.45) is 0 Å². The minimum Gasteiger partial charge on any atom is -0.490 e. The molecule has 4 heteroatoms. The SMILES string of the molecule is Clc1cc(Br)ccc1OCC1CCN1. The molecular formula is C10H11BrClNO. The Morgan fingerprint density at radius 2 is 2.36 bits per heavy atom. The van der Waals surface area contributed by atoms with Gasteiger partial charge in [0.1, 0.15) is 12.4 Å². The van der Waals surface area contributed by atoms with Crippen molar-refractivity contribution in [2.45, 2.75) is 12.5 Å². The highest BCUT2D eigenvalue weighted by Gasteiger charge is 2.17. The smallest absolute Gasteiger partial charge is 0.138 e. The van der Waals surface area contributed by atoms with Crippen LogP contribution in [0.5, 0.6) is 5.75 Å². The maximum Gasteiger partial charge on any atom is 0.138 e. The fraction of sp³-hybridized carbons (Fsp3) is 0.400. The predicted octanol–water partition coefficient (Wildman–Crippen LogP) is 2.84. The third-order valence-electron chi connectivity index (χ3n) is 2.26. The Labute approximate surface area is 96.7 Å². The van der Waals surface area contributed by atoms with Crippen molar-refractivity contribution >= 4 is 27.5 Å². The van der Waals surface area contributed by atoms with Crippen molar-refractivity contribution in [3.63, 3.8) is 0 Å². The molecule has 0 aromatic heterocycles. The third kappa shape index (κ3) is 2.41. The second-order valence-corrected chi connectivity index (χ2v) is 4.65. The molecule has 76 valence electrons. The first-order chi connectivity index (χ1) is 6.75. The predicted molar refractivity (Wildman–Crippen MR) is 61.1 cm³/mol. The van der Waals surface area contributed by atoms with Gasteiger partial charge in [0.15, 0.2) is 0 Å². The molecular weight excluding hydrogens is 265 g/mol. The summed E-state index contributed by atoms with van der Waals surface area (Å²) in [5.41, 5.74) is 0. The first kappa shape index (κ1) is 10.3. The van der Waals surface area contributed by atoms with E-state index >= 15 is 0 Å². The standard InChI is InChI=1S/C10H11BrClNO/c11-7-1-2-10(9(12)5-7)14-6-8-3-4-13-8/h1-2,5,8,13H,3-4,6H2. The lowest BCUT2D eigenvalue weighted by Gasteiger charge is -2.27. The number of ether oxygens (including phenoxy) is 1. The monoisotopic (exact) mass is 275 g/mol. The molecule has 2 nitrogen and oxygen atoms in total. The van der Waals surface area contributed by atoms with E-state index in [1.165, 1.54) is 6.42 Å². The van der Waals surface area contributed by atoms with Crippen molar-refractivity contribution < 1.29 is 4.74 Å². The molecule has 1 aromatic carbocycles. The molecule has 2 rings (SSSR count). The van der Waals surface area contributed by atoms with Gasteiger partial charge in [-0.15, -0.1) is 0 Å². The van der Waals surface area contributed by atoms with Crippen LogP contribution in [-0.2, 0) is 0 Å². The molecule has 1 aliphatic rings. The maximum atomic E-state index is 6.00. The summed E-state index contributed by atoms with van der Waals surface area (Å²) in [6.45, 7) is 1.80. The lowest BCUT2D eigenvalue weighted by molar-refractivity contribution is 0.217. The third-order valence-corrected chi connectivity index (χ3v) is 3.05. The van der Waals surface area contributed by atoms with Crippen LogP contribution in [0.3, 0.4) is 0 Å². The van der Waals surface area contributed by atoms with Gasteiger partial charge in [0, 0.05) is 10.5 Å². The largest absolute Gasteiger partial charge is 0.490 e. The minimum atomic E-state index is 0.495. The molecule has 14 heavy (non-hydrogen) atoms. The van der Waals surface area contributed by atoms with Crippen LogP contribution >= 0.6 is 27.5 Å². The summed E-state index contributed by atoms with van der Waals surface area (Å²) in [4.78, 5) is 0. The van der Waals surface area contributed by atoms with E-state index in [1.807, 2.05) is 18.2 Å². The number of hydrogen-bond donors (Lipinski definition) is 1. The first-order valence-electron chi connectivity index (χ1n) is 4.57. The zero-order valence-corrected chi connectivity index (χ0v) is 9.94. The van der Waals surface area contributed by atoms with Gasteiger partial charge in [-0.05, 0) is 31.2 Å².